The molecule has 0 N–H and O–H groups in total. The SMILES string of the molecule is [B-]CCCC.[Li+]. The van der Waals surface area contributed by atoms with Gasteiger partial charge in [-0.2, -0.15) is 0 Å². The van der Waals surface area contributed by atoms with E-state index < -0.39 is 0 Å². The van der Waals surface area contributed by atoms with Crippen LogP contribution in [0.5, 0.6) is 0 Å². The number of unbranched alkanes of at least 4 members (excludes halogenated alkanes) is 1. The van der Waals surface area contributed by atoms with Crippen LogP contribution in [-0.4, -0.2) is 7.85 Å². The Morgan fingerprint density at radius 2 is 2.00 bits per heavy atom. The van der Waals surface area contributed by atoms with Gasteiger partial charge in [-0.05, 0) is 0 Å². The van der Waals surface area contributed by atoms with E-state index >= 15 is 0 Å². The Kier molecular flexibility index (Phi) is 15.0. The fourth-order valence-corrected chi connectivity index (χ4v) is 0.204. The van der Waals surface area contributed by atoms with E-state index in [1.54, 1.807) is 0 Å². The van der Waals surface area contributed by atoms with Crippen molar-refractivity contribution in [3.8, 4) is 0 Å². The summed E-state index contributed by atoms with van der Waals surface area (Å²) in [5.41, 5.74) is 0. The molecule has 0 aliphatic heterocycles. The van der Waals surface area contributed by atoms with Gasteiger partial charge in [0, 0.05) is 0 Å². The summed E-state index contributed by atoms with van der Waals surface area (Å²) in [7, 11) is 5.14. The second-order valence-electron chi connectivity index (χ2n) is 1.14. The van der Waals surface area contributed by atoms with Crippen LogP contribution in [0.4, 0.5) is 0 Å². The fourth-order valence-electron chi connectivity index (χ4n) is 0.204. The van der Waals surface area contributed by atoms with Gasteiger partial charge in [0.2, 0.25) is 0 Å². The van der Waals surface area contributed by atoms with Crippen LogP contribution in [0.3, 0.4) is 0 Å². The Bertz CT molecular complexity index is 15.0. The molecule has 29 valence electrons. The first kappa shape index (κ1) is 9.83. The topological polar surface area (TPSA) is 0 Å². The van der Waals surface area contributed by atoms with Gasteiger partial charge in [0.1, 0.15) is 0 Å². The maximum Gasteiger partial charge on any atom is 1.00 e. The fraction of sp³-hybridized carbons (Fsp3) is 1.00. The van der Waals surface area contributed by atoms with Crippen LogP contribution in [0.15, 0.2) is 0 Å². The second kappa shape index (κ2) is 9.18. The predicted octanol–water partition coefficient (Wildman–Crippen LogP) is -1.62. The van der Waals surface area contributed by atoms with Crippen LogP contribution in [0.1, 0.15) is 19.8 Å². The molecular formula is C4H9BLi. The summed E-state index contributed by atoms with van der Waals surface area (Å²) in [6.45, 7) is 2.13. The average molecular weight is 74.9 g/mol. The molecule has 0 aliphatic rings. The average Bonchev–Trinajstić information content (AvgIpc) is 1.41. The summed E-state index contributed by atoms with van der Waals surface area (Å²) in [4.78, 5) is 0. The van der Waals surface area contributed by atoms with Gasteiger partial charge >= 0.3 is 18.9 Å². The van der Waals surface area contributed by atoms with Gasteiger partial charge in [0.25, 0.3) is 0 Å². The monoisotopic (exact) mass is 75.1 g/mol. The van der Waals surface area contributed by atoms with Crippen molar-refractivity contribution in [2.75, 3.05) is 0 Å². The maximum atomic E-state index is 5.14. The summed E-state index contributed by atoms with van der Waals surface area (Å²) in [6.07, 6.45) is 3.23. The summed E-state index contributed by atoms with van der Waals surface area (Å²) < 4.78 is 0. The third-order valence-corrected chi connectivity index (χ3v) is 0.558. The zero-order valence-corrected chi connectivity index (χ0v) is 4.70. The molecule has 0 saturated heterocycles. The predicted molar refractivity (Wildman–Crippen MR) is 25.5 cm³/mol. The van der Waals surface area contributed by atoms with Crippen molar-refractivity contribution in [1.82, 2.24) is 0 Å². The van der Waals surface area contributed by atoms with Gasteiger partial charge in [0.05, 0.1) is 0 Å². The van der Waals surface area contributed by atoms with E-state index in [1.165, 1.54) is 12.8 Å². The molecule has 0 fully saturated rings. The zero-order valence-electron chi connectivity index (χ0n) is 4.70. The molecule has 0 aromatic carbocycles. The maximum absolute atomic E-state index is 5.14. The van der Waals surface area contributed by atoms with Gasteiger partial charge in [-0.25, -0.2) is 0 Å². The first-order chi connectivity index (χ1) is 2.41. The van der Waals surface area contributed by atoms with E-state index in [-0.39, 0.29) is 18.9 Å². The van der Waals surface area contributed by atoms with Crippen molar-refractivity contribution >= 4 is 7.85 Å². The third kappa shape index (κ3) is 8.82. The van der Waals surface area contributed by atoms with Crippen molar-refractivity contribution < 1.29 is 18.9 Å². The van der Waals surface area contributed by atoms with Crippen LogP contribution in [0, 0.1) is 0 Å². The quantitative estimate of drug-likeness (QED) is 0.346. The van der Waals surface area contributed by atoms with Crippen LogP contribution >= 0.6 is 0 Å². The van der Waals surface area contributed by atoms with E-state index in [9.17, 15) is 0 Å². The van der Waals surface area contributed by atoms with Crippen molar-refractivity contribution in [2.24, 2.45) is 0 Å². The van der Waals surface area contributed by atoms with E-state index in [2.05, 4.69) is 6.92 Å². The summed E-state index contributed by atoms with van der Waals surface area (Å²) in [6, 6.07) is 0. The molecule has 0 atom stereocenters. The number of hydrogen-bond donors (Lipinski definition) is 0. The van der Waals surface area contributed by atoms with E-state index in [0.717, 1.165) is 6.32 Å². The summed E-state index contributed by atoms with van der Waals surface area (Å²) in [5.74, 6) is 0. The number of hydrogen-bond acceptors (Lipinski definition) is 0. The molecule has 0 spiro atoms. The molecule has 0 heterocycles. The number of rotatable bonds is 2. The molecular weight excluding hydrogens is 65.8 g/mol. The van der Waals surface area contributed by atoms with Gasteiger partial charge in [-0.1, -0.05) is 19.8 Å². The van der Waals surface area contributed by atoms with E-state index in [0.29, 0.717) is 0 Å². The molecule has 0 saturated carbocycles. The molecule has 0 rings (SSSR count). The Morgan fingerprint density at radius 1 is 1.50 bits per heavy atom. The molecule has 3 radical (unpaired) electrons. The van der Waals surface area contributed by atoms with Gasteiger partial charge < -0.3 is 7.85 Å². The van der Waals surface area contributed by atoms with Crippen LogP contribution in [-0.2, 0) is 0 Å². The minimum Gasteiger partial charge on any atom is -0.626 e. The minimum absolute atomic E-state index is 0. The third-order valence-electron chi connectivity index (χ3n) is 0.558. The van der Waals surface area contributed by atoms with Gasteiger partial charge in [-0.3, -0.25) is 6.32 Å². The molecule has 2 heteroatoms. The Balaban J connectivity index is 0. The molecule has 0 aromatic rings. The largest absolute Gasteiger partial charge is 1.00 e. The van der Waals surface area contributed by atoms with Crippen LogP contribution in [0.25, 0.3) is 0 Å². The standard InChI is InChI=1S/C4H9B.Li/c1-2-3-4-5;/h2-4H2,1H3;/q-1;+1. The van der Waals surface area contributed by atoms with E-state index in [1.807, 2.05) is 0 Å². The molecule has 0 amide bonds. The molecule has 0 unspecified atom stereocenters. The Labute approximate surface area is 53.3 Å². The second-order valence-corrected chi connectivity index (χ2v) is 1.14. The van der Waals surface area contributed by atoms with Crippen molar-refractivity contribution in [3.63, 3.8) is 0 Å². The van der Waals surface area contributed by atoms with Crippen molar-refractivity contribution in [2.45, 2.75) is 26.1 Å². The van der Waals surface area contributed by atoms with Crippen molar-refractivity contribution in [1.29, 1.82) is 0 Å². The van der Waals surface area contributed by atoms with Crippen LogP contribution < -0.4 is 18.9 Å². The van der Waals surface area contributed by atoms with E-state index in [4.69, 9.17) is 7.85 Å². The molecule has 6 heavy (non-hydrogen) atoms. The molecule has 0 aromatic heterocycles. The summed E-state index contributed by atoms with van der Waals surface area (Å²) >= 11 is 0. The summed E-state index contributed by atoms with van der Waals surface area (Å²) in [5, 5.41) is 0. The van der Waals surface area contributed by atoms with Crippen molar-refractivity contribution in [3.05, 3.63) is 0 Å². The van der Waals surface area contributed by atoms with Gasteiger partial charge in [0.15, 0.2) is 0 Å². The smallest absolute Gasteiger partial charge is 0.626 e. The Hall–Kier alpha value is 0.662. The first-order valence-electron chi connectivity index (χ1n) is 2.12. The normalized spacial score (nSPS) is 7.00. The van der Waals surface area contributed by atoms with Crippen LogP contribution in [0.2, 0.25) is 6.32 Å². The minimum atomic E-state index is 0. The molecule has 0 aliphatic carbocycles. The molecule has 0 bridgehead atoms. The molecule has 0 nitrogen and oxygen atoms in total. The zero-order chi connectivity index (χ0) is 4.12. The Morgan fingerprint density at radius 3 is 2.00 bits per heavy atom. The first-order valence-corrected chi connectivity index (χ1v) is 2.12. The van der Waals surface area contributed by atoms with Gasteiger partial charge in [-0.15, -0.1) is 0 Å².